The highest BCUT2D eigenvalue weighted by Crippen LogP contribution is 2.36. The van der Waals surface area contributed by atoms with E-state index < -0.39 is 9.84 Å². The number of amidine groups is 1. The minimum absolute atomic E-state index is 0.00823. The van der Waals surface area contributed by atoms with Crippen LogP contribution in [0.15, 0.2) is 94.8 Å². The summed E-state index contributed by atoms with van der Waals surface area (Å²) < 4.78 is 23.3. The van der Waals surface area contributed by atoms with Crippen molar-refractivity contribution < 1.29 is 8.42 Å². The SMILES string of the molecule is CS(=O)(=O)c1ccc(CC2=NC(c3ccccc3)C(c3ccccc3)N2)cc1. The number of benzene rings is 3. The van der Waals surface area contributed by atoms with Gasteiger partial charge in [0.05, 0.1) is 10.9 Å². The van der Waals surface area contributed by atoms with Crippen molar-refractivity contribution >= 4 is 15.7 Å². The Morgan fingerprint density at radius 1 is 0.821 bits per heavy atom. The van der Waals surface area contributed by atoms with Gasteiger partial charge in [-0.15, -0.1) is 0 Å². The van der Waals surface area contributed by atoms with Crippen LogP contribution in [-0.4, -0.2) is 20.5 Å². The highest BCUT2D eigenvalue weighted by molar-refractivity contribution is 7.90. The molecule has 0 saturated heterocycles. The monoisotopic (exact) mass is 390 g/mol. The third-order valence-corrected chi connectivity index (χ3v) is 6.08. The summed E-state index contributed by atoms with van der Waals surface area (Å²) in [5.41, 5.74) is 3.40. The van der Waals surface area contributed by atoms with Gasteiger partial charge in [0.25, 0.3) is 0 Å². The number of nitrogens with zero attached hydrogens (tertiary/aromatic N) is 1. The molecule has 2 atom stereocenters. The summed E-state index contributed by atoms with van der Waals surface area (Å²) in [7, 11) is -3.18. The Balaban J connectivity index is 1.61. The molecule has 1 aliphatic heterocycles. The van der Waals surface area contributed by atoms with Gasteiger partial charge in [-0.05, 0) is 28.8 Å². The quantitative estimate of drug-likeness (QED) is 0.713. The van der Waals surface area contributed by atoms with Gasteiger partial charge in [-0.2, -0.15) is 0 Å². The zero-order chi connectivity index (χ0) is 19.6. The summed E-state index contributed by atoms with van der Waals surface area (Å²) in [6, 6.07) is 27.7. The first-order chi connectivity index (χ1) is 13.5. The molecule has 0 aromatic heterocycles. The van der Waals surface area contributed by atoms with Crippen molar-refractivity contribution in [1.29, 1.82) is 0 Å². The maximum atomic E-state index is 11.7. The van der Waals surface area contributed by atoms with Gasteiger partial charge in [-0.1, -0.05) is 72.8 Å². The standard InChI is InChI=1S/C23H22N2O2S/c1-28(26,27)20-14-12-17(13-15-20)16-21-24-22(18-8-4-2-5-9-18)23(25-21)19-10-6-3-7-11-19/h2-15,22-23H,16H2,1H3,(H,24,25). The molecule has 142 valence electrons. The minimum Gasteiger partial charge on any atom is -0.364 e. The predicted molar refractivity (Wildman–Crippen MR) is 112 cm³/mol. The van der Waals surface area contributed by atoms with E-state index in [1.54, 1.807) is 12.1 Å². The van der Waals surface area contributed by atoms with Crippen LogP contribution in [-0.2, 0) is 16.3 Å². The smallest absolute Gasteiger partial charge is 0.175 e. The molecule has 5 heteroatoms. The van der Waals surface area contributed by atoms with E-state index in [-0.39, 0.29) is 12.1 Å². The molecule has 4 rings (SSSR count). The van der Waals surface area contributed by atoms with Crippen LogP contribution in [0, 0.1) is 0 Å². The molecule has 4 nitrogen and oxygen atoms in total. The molecule has 3 aromatic rings. The second-order valence-corrected chi connectivity index (χ2v) is 9.07. The summed E-state index contributed by atoms with van der Waals surface area (Å²) in [6.45, 7) is 0. The van der Waals surface area contributed by atoms with Crippen molar-refractivity contribution in [3.05, 3.63) is 102 Å². The van der Waals surface area contributed by atoms with Gasteiger partial charge in [0.15, 0.2) is 9.84 Å². The van der Waals surface area contributed by atoms with Crippen LogP contribution in [0.2, 0.25) is 0 Å². The highest BCUT2D eigenvalue weighted by Gasteiger charge is 2.30. The van der Waals surface area contributed by atoms with Gasteiger partial charge in [-0.3, -0.25) is 4.99 Å². The van der Waals surface area contributed by atoms with Crippen LogP contribution in [0.3, 0.4) is 0 Å². The molecule has 0 bridgehead atoms. The maximum Gasteiger partial charge on any atom is 0.175 e. The summed E-state index contributed by atoms with van der Waals surface area (Å²) >= 11 is 0. The molecule has 0 fully saturated rings. The van der Waals surface area contributed by atoms with E-state index in [0.717, 1.165) is 11.4 Å². The predicted octanol–water partition coefficient (Wildman–Crippen LogP) is 4.12. The average Bonchev–Trinajstić information content (AvgIpc) is 3.13. The Hall–Kier alpha value is -2.92. The molecule has 1 N–H and O–H groups in total. The molecular formula is C23H22N2O2S. The molecule has 1 heterocycles. The minimum atomic E-state index is -3.18. The molecule has 2 unspecified atom stereocenters. The summed E-state index contributed by atoms with van der Waals surface area (Å²) in [5.74, 6) is 0.912. The molecular weight excluding hydrogens is 368 g/mol. The molecule has 0 spiro atoms. The summed E-state index contributed by atoms with van der Waals surface area (Å²) in [6.07, 6.45) is 1.86. The van der Waals surface area contributed by atoms with Gasteiger partial charge in [0, 0.05) is 12.7 Å². The summed E-state index contributed by atoms with van der Waals surface area (Å²) in [5, 5.41) is 3.58. The van der Waals surface area contributed by atoms with Gasteiger partial charge in [-0.25, -0.2) is 8.42 Å². The Kier molecular flexibility index (Phi) is 5.01. The van der Waals surface area contributed by atoms with E-state index in [1.807, 2.05) is 48.5 Å². The van der Waals surface area contributed by atoms with Gasteiger partial charge in [0.2, 0.25) is 0 Å². The first-order valence-corrected chi connectivity index (χ1v) is 11.1. The van der Waals surface area contributed by atoms with Crippen molar-refractivity contribution in [1.82, 2.24) is 5.32 Å². The maximum absolute atomic E-state index is 11.7. The molecule has 1 aliphatic rings. The lowest BCUT2D eigenvalue weighted by Gasteiger charge is -2.19. The molecule has 0 amide bonds. The van der Waals surface area contributed by atoms with Gasteiger partial charge in [0.1, 0.15) is 11.9 Å². The van der Waals surface area contributed by atoms with Crippen LogP contribution in [0.25, 0.3) is 0 Å². The second kappa shape index (κ2) is 7.60. The number of sulfone groups is 1. The third-order valence-electron chi connectivity index (χ3n) is 4.96. The van der Waals surface area contributed by atoms with Crippen LogP contribution in [0.1, 0.15) is 28.8 Å². The van der Waals surface area contributed by atoms with Crippen molar-refractivity contribution in [2.24, 2.45) is 4.99 Å². The van der Waals surface area contributed by atoms with E-state index >= 15 is 0 Å². The van der Waals surface area contributed by atoms with Crippen LogP contribution < -0.4 is 5.32 Å². The summed E-state index contributed by atoms with van der Waals surface area (Å²) in [4.78, 5) is 5.30. The second-order valence-electron chi connectivity index (χ2n) is 7.06. The van der Waals surface area contributed by atoms with Crippen LogP contribution in [0.5, 0.6) is 0 Å². The van der Waals surface area contributed by atoms with E-state index in [9.17, 15) is 8.42 Å². The van der Waals surface area contributed by atoms with E-state index in [1.165, 1.54) is 17.4 Å². The first kappa shape index (κ1) is 18.4. The van der Waals surface area contributed by atoms with Gasteiger partial charge < -0.3 is 5.32 Å². The fraction of sp³-hybridized carbons (Fsp3) is 0.174. The van der Waals surface area contributed by atoms with Crippen molar-refractivity contribution in [2.45, 2.75) is 23.4 Å². The number of nitrogens with one attached hydrogen (secondary N) is 1. The third kappa shape index (κ3) is 3.99. The number of aliphatic imine (C=N–C) groups is 1. The molecule has 0 saturated carbocycles. The Bertz CT molecular complexity index is 1080. The van der Waals surface area contributed by atoms with E-state index in [2.05, 4.69) is 29.6 Å². The fourth-order valence-electron chi connectivity index (χ4n) is 3.53. The molecule has 0 aliphatic carbocycles. The Morgan fingerprint density at radius 3 is 1.96 bits per heavy atom. The largest absolute Gasteiger partial charge is 0.364 e. The number of hydrogen-bond donors (Lipinski definition) is 1. The van der Waals surface area contributed by atoms with Crippen molar-refractivity contribution in [2.75, 3.05) is 6.26 Å². The first-order valence-electron chi connectivity index (χ1n) is 9.23. The Morgan fingerprint density at radius 2 is 1.39 bits per heavy atom. The van der Waals surface area contributed by atoms with Crippen LogP contribution >= 0.6 is 0 Å². The molecule has 28 heavy (non-hydrogen) atoms. The average molecular weight is 391 g/mol. The highest BCUT2D eigenvalue weighted by atomic mass is 32.2. The van der Waals surface area contributed by atoms with E-state index in [4.69, 9.17) is 4.99 Å². The van der Waals surface area contributed by atoms with Crippen LogP contribution in [0.4, 0.5) is 0 Å². The zero-order valence-electron chi connectivity index (χ0n) is 15.6. The fourth-order valence-corrected chi connectivity index (χ4v) is 4.16. The van der Waals surface area contributed by atoms with Crippen molar-refractivity contribution in [3.8, 4) is 0 Å². The lowest BCUT2D eigenvalue weighted by atomic mass is 9.95. The Labute approximate surface area is 165 Å². The number of hydrogen-bond acceptors (Lipinski definition) is 4. The normalized spacial score (nSPS) is 19.1. The topological polar surface area (TPSA) is 58.5 Å². The van der Waals surface area contributed by atoms with E-state index in [0.29, 0.717) is 11.3 Å². The lowest BCUT2D eigenvalue weighted by Crippen LogP contribution is -2.25. The lowest BCUT2D eigenvalue weighted by molar-refractivity contribution is 0.572. The zero-order valence-corrected chi connectivity index (χ0v) is 16.4. The van der Waals surface area contributed by atoms with Gasteiger partial charge >= 0.3 is 0 Å². The molecule has 3 aromatic carbocycles. The molecule has 0 radical (unpaired) electrons. The van der Waals surface area contributed by atoms with Crippen molar-refractivity contribution in [3.63, 3.8) is 0 Å². The number of rotatable bonds is 5.